The summed E-state index contributed by atoms with van der Waals surface area (Å²) in [6.45, 7) is 0.672. The second-order valence-corrected chi connectivity index (χ2v) is 6.79. The van der Waals surface area contributed by atoms with Crippen LogP contribution in [0.2, 0.25) is 0 Å². The van der Waals surface area contributed by atoms with Gasteiger partial charge in [0.25, 0.3) is 0 Å². The van der Waals surface area contributed by atoms with Crippen molar-refractivity contribution < 1.29 is 4.79 Å². The molecule has 0 atom stereocenters. The molecule has 1 aromatic heterocycles. The highest BCUT2D eigenvalue weighted by atomic mass is 79.9. The van der Waals surface area contributed by atoms with Crippen LogP contribution in [-0.4, -0.2) is 23.4 Å². The van der Waals surface area contributed by atoms with Gasteiger partial charge in [-0.2, -0.15) is 0 Å². The third-order valence-corrected chi connectivity index (χ3v) is 4.98. The molecule has 1 amide bonds. The summed E-state index contributed by atoms with van der Waals surface area (Å²) in [5.74, 6) is 0.150. The summed E-state index contributed by atoms with van der Waals surface area (Å²) in [6, 6.07) is 2.05. The molecule has 2 rings (SSSR count). The zero-order valence-corrected chi connectivity index (χ0v) is 13.5. The van der Waals surface area contributed by atoms with Crippen LogP contribution in [0.1, 0.15) is 30.6 Å². The van der Waals surface area contributed by atoms with E-state index >= 15 is 0 Å². The molecule has 0 saturated heterocycles. The first kappa shape index (κ1) is 16.0. The third kappa shape index (κ3) is 3.95. The lowest BCUT2D eigenvalue weighted by molar-refractivity contribution is -0.132. The summed E-state index contributed by atoms with van der Waals surface area (Å²) >= 11 is 5.08. The lowest BCUT2D eigenvalue weighted by atomic mass is 9.75. The fourth-order valence-electron chi connectivity index (χ4n) is 2.00. The number of amides is 1. The van der Waals surface area contributed by atoms with Crippen LogP contribution in [0.25, 0.3) is 0 Å². The van der Waals surface area contributed by atoms with Crippen LogP contribution in [0.3, 0.4) is 0 Å². The monoisotopic (exact) mass is 352 g/mol. The second-order valence-electron chi connectivity index (χ2n) is 4.87. The van der Waals surface area contributed by atoms with Crippen LogP contribution in [0.15, 0.2) is 15.9 Å². The molecule has 0 bridgehead atoms. The van der Waals surface area contributed by atoms with Crippen molar-refractivity contribution in [2.75, 3.05) is 7.05 Å². The molecule has 6 heteroatoms. The van der Waals surface area contributed by atoms with E-state index in [1.54, 1.807) is 16.2 Å². The molecule has 0 radical (unpaired) electrons. The van der Waals surface area contributed by atoms with E-state index in [1.807, 2.05) is 12.4 Å². The van der Waals surface area contributed by atoms with Gasteiger partial charge < -0.3 is 10.6 Å². The van der Waals surface area contributed by atoms with Crippen LogP contribution in [0, 0.1) is 0 Å². The van der Waals surface area contributed by atoms with Crippen molar-refractivity contribution in [1.29, 1.82) is 0 Å². The van der Waals surface area contributed by atoms with Gasteiger partial charge in [-0.25, -0.2) is 0 Å². The second kappa shape index (κ2) is 6.37. The molecule has 1 saturated carbocycles. The highest BCUT2D eigenvalue weighted by Crippen LogP contribution is 2.32. The summed E-state index contributed by atoms with van der Waals surface area (Å²) in [5.41, 5.74) is 5.87. The maximum Gasteiger partial charge on any atom is 0.224 e. The Bertz CT molecular complexity index is 420. The van der Waals surface area contributed by atoms with E-state index in [0.717, 1.165) is 23.7 Å². The minimum atomic E-state index is -0.221. The predicted octanol–water partition coefficient (Wildman–Crippen LogP) is 3.16. The number of nitrogens with two attached hydrogens (primary N) is 1. The zero-order valence-electron chi connectivity index (χ0n) is 10.3. The summed E-state index contributed by atoms with van der Waals surface area (Å²) in [5, 5.41) is 2.03. The average Bonchev–Trinajstić information content (AvgIpc) is 2.61. The predicted molar refractivity (Wildman–Crippen MR) is 81.1 cm³/mol. The van der Waals surface area contributed by atoms with Crippen molar-refractivity contribution in [3.8, 4) is 0 Å². The van der Waals surface area contributed by atoms with Crippen molar-refractivity contribution in [2.45, 2.75) is 37.8 Å². The number of rotatable bonds is 4. The molecule has 102 valence electrons. The van der Waals surface area contributed by atoms with Gasteiger partial charge in [0.2, 0.25) is 5.91 Å². The first-order valence-corrected chi connectivity index (χ1v) is 7.42. The molecule has 1 aromatic rings. The van der Waals surface area contributed by atoms with E-state index in [-0.39, 0.29) is 23.9 Å². The fraction of sp³-hybridized carbons (Fsp3) is 0.583. The molecular weight excluding hydrogens is 336 g/mol. The highest BCUT2D eigenvalue weighted by molar-refractivity contribution is 9.10. The molecule has 2 N–H and O–H groups in total. The average molecular weight is 354 g/mol. The third-order valence-electron chi connectivity index (χ3n) is 3.29. The zero-order chi connectivity index (χ0) is 12.5. The number of thiophene rings is 1. The molecule has 0 aliphatic heterocycles. The van der Waals surface area contributed by atoms with Gasteiger partial charge >= 0.3 is 0 Å². The Kier molecular flexibility index (Phi) is 5.65. The van der Waals surface area contributed by atoms with Gasteiger partial charge in [0.15, 0.2) is 0 Å². The number of halogens is 2. The van der Waals surface area contributed by atoms with Gasteiger partial charge in [0, 0.05) is 33.7 Å². The van der Waals surface area contributed by atoms with Crippen LogP contribution >= 0.6 is 39.7 Å². The molecule has 1 aliphatic carbocycles. The highest BCUT2D eigenvalue weighted by Gasteiger charge is 2.35. The van der Waals surface area contributed by atoms with Crippen LogP contribution in [0.4, 0.5) is 0 Å². The van der Waals surface area contributed by atoms with Gasteiger partial charge in [-0.3, -0.25) is 4.79 Å². The van der Waals surface area contributed by atoms with E-state index in [0.29, 0.717) is 13.0 Å². The number of carbonyl (C=O) groups is 1. The largest absolute Gasteiger partial charge is 0.341 e. The Morgan fingerprint density at radius 3 is 2.72 bits per heavy atom. The summed E-state index contributed by atoms with van der Waals surface area (Å²) in [7, 11) is 1.85. The van der Waals surface area contributed by atoms with Gasteiger partial charge in [-0.1, -0.05) is 0 Å². The molecule has 1 fully saturated rings. The maximum atomic E-state index is 12.0. The van der Waals surface area contributed by atoms with Gasteiger partial charge in [0.1, 0.15) is 0 Å². The molecule has 1 heterocycles. The maximum absolute atomic E-state index is 12.0. The Labute approximate surface area is 126 Å². The van der Waals surface area contributed by atoms with Crippen LogP contribution in [-0.2, 0) is 11.3 Å². The van der Waals surface area contributed by atoms with Crippen LogP contribution < -0.4 is 5.73 Å². The van der Waals surface area contributed by atoms with Crippen molar-refractivity contribution >= 4 is 45.6 Å². The molecule has 1 aliphatic rings. The van der Waals surface area contributed by atoms with E-state index < -0.39 is 0 Å². The van der Waals surface area contributed by atoms with Crippen molar-refractivity contribution in [2.24, 2.45) is 5.73 Å². The minimum absolute atomic E-state index is 0. The smallest absolute Gasteiger partial charge is 0.224 e. The molecule has 0 unspecified atom stereocenters. The summed E-state index contributed by atoms with van der Waals surface area (Å²) in [6.07, 6.45) is 3.61. The van der Waals surface area contributed by atoms with Gasteiger partial charge in [-0.15, -0.1) is 23.7 Å². The van der Waals surface area contributed by atoms with Crippen molar-refractivity contribution in [3.05, 3.63) is 20.8 Å². The van der Waals surface area contributed by atoms with E-state index in [4.69, 9.17) is 5.73 Å². The topological polar surface area (TPSA) is 46.3 Å². The summed E-state index contributed by atoms with van der Waals surface area (Å²) < 4.78 is 1.08. The van der Waals surface area contributed by atoms with Crippen LogP contribution in [0.5, 0.6) is 0 Å². The Balaban J connectivity index is 0.00000162. The number of nitrogens with zero attached hydrogens (tertiary/aromatic N) is 1. The molecule has 3 nitrogen and oxygen atoms in total. The number of hydrogen-bond donors (Lipinski definition) is 1. The quantitative estimate of drug-likeness (QED) is 0.903. The van der Waals surface area contributed by atoms with E-state index in [9.17, 15) is 4.79 Å². The Hall–Kier alpha value is -0.100. The van der Waals surface area contributed by atoms with Crippen molar-refractivity contribution in [1.82, 2.24) is 4.90 Å². The SMILES string of the molecule is CN(Cc1cc(Br)cs1)C(=O)CC1(N)CCC1.Cl. The lowest BCUT2D eigenvalue weighted by Gasteiger charge is -2.38. The first-order valence-electron chi connectivity index (χ1n) is 5.74. The lowest BCUT2D eigenvalue weighted by Crippen LogP contribution is -2.50. The molecule has 18 heavy (non-hydrogen) atoms. The normalized spacial score (nSPS) is 16.6. The molecular formula is C12H18BrClN2OS. The minimum Gasteiger partial charge on any atom is -0.341 e. The fourth-order valence-corrected chi connectivity index (χ4v) is 3.51. The van der Waals surface area contributed by atoms with E-state index in [1.165, 1.54) is 4.88 Å². The number of carbonyl (C=O) groups excluding carboxylic acids is 1. The Morgan fingerprint density at radius 2 is 2.28 bits per heavy atom. The van der Waals surface area contributed by atoms with Crippen molar-refractivity contribution in [3.63, 3.8) is 0 Å². The Morgan fingerprint density at radius 1 is 1.61 bits per heavy atom. The molecule has 0 spiro atoms. The van der Waals surface area contributed by atoms with Gasteiger partial charge in [0.05, 0.1) is 6.54 Å². The summed E-state index contributed by atoms with van der Waals surface area (Å²) in [4.78, 5) is 15.0. The van der Waals surface area contributed by atoms with E-state index in [2.05, 4.69) is 22.0 Å². The van der Waals surface area contributed by atoms with Gasteiger partial charge in [-0.05, 0) is 41.3 Å². The first-order chi connectivity index (χ1) is 7.98. The number of hydrogen-bond acceptors (Lipinski definition) is 3. The molecule has 0 aromatic carbocycles. The standard InChI is InChI=1S/C12H17BrN2OS.ClH/c1-15(7-10-5-9(13)8-17-10)11(16)6-12(14)3-2-4-12;/h5,8H,2-4,6-7,14H2,1H3;1H.